The number of aromatic hydroxyl groups is 1. The molecule has 0 aliphatic carbocycles. The van der Waals surface area contributed by atoms with Crippen LogP contribution < -0.4 is 15.4 Å². The summed E-state index contributed by atoms with van der Waals surface area (Å²) in [5.74, 6) is -0.311. The molecule has 1 aliphatic heterocycles. The van der Waals surface area contributed by atoms with Gasteiger partial charge in [-0.1, -0.05) is 18.2 Å². The Morgan fingerprint density at radius 2 is 2.17 bits per heavy atom. The summed E-state index contributed by atoms with van der Waals surface area (Å²) in [6.07, 6.45) is 3.49. The lowest BCUT2D eigenvalue weighted by molar-refractivity contribution is -0.138. The minimum absolute atomic E-state index is 0.0283. The average Bonchev–Trinajstić information content (AvgIpc) is 2.54. The van der Waals surface area contributed by atoms with E-state index in [4.69, 9.17) is 9.47 Å². The van der Waals surface area contributed by atoms with Crippen molar-refractivity contribution in [3.8, 4) is 11.5 Å². The molecule has 1 aromatic rings. The third kappa shape index (κ3) is 3.68. The molecule has 7 heteroatoms. The minimum Gasteiger partial charge on any atom is -0.504 e. The van der Waals surface area contributed by atoms with E-state index in [1.165, 1.54) is 13.2 Å². The standard InChI is InChI=1S/C17H20N2O5/c1-4-5-8-24-16(21)14-10(2)18-17(22)19-15(14)11-6-7-12(20)13(9-11)23-3/h4-7,9,15,20H,8H2,1-3H3,(H2,18,19,22)/b5-4+/t15-/m0/s1. The third-order valence-corrected chi connectivity index (χ3v) is 3.57. The predicted molar refractivity (Wildman–Crippen MR) is 87.5 cm³/mol. The summed E-state index contributed by atoms with van der Waals surface area (Å²) >= 11 is 0. The van der Waals surface area contributed by atoms with Crippen LogP contribution in [0.4, 0.5) is 4.79 Å². The first-order valence-electron chi connectivity index (χ1n) is 7.41. The molecule has 2 amide bonds. The molecule has 0 fully saturated rings. The van der Waals surface area contributed by atoms with Gasteiger partial charge in [-0.25, -0.2) is 9.59 Å². The zero-order valence-corrected chi connectivity index (χ0v) is 13.8. The molecule has 128 valence electrons. The lowest BCUT2D eigenvalue weighted by Crippen LogP contribution is -2.45. The van der Waals surface area contributed by atoms with Crippen LogP contribution >= 0.6 is 0 Å². The number of phenols is 1. The largest absolute Gasteiger partial charge is 0.504 e. The molecular weight excluding hydrogens is 312 g/mol. The molecule has 1 aromatic carbocycles. The molecule has 0 radical (unpaired) electrons. The molecule has 0 spiro atoms. The number of ether oxygens (including phenoxy) is 2. The highest BCUT2D eigenvalue weighted by atomic mass is 16.5. The van der Waals surface area contributed by atoms with E-state index >= 15 is 0 Å². The first kappa shape index (κ1) is 17.4. The predicted octanol–water partition coefficient (Wildman–Crippen LogP) is 2.15. The fourth-order valence-corrected chi connectivity index (χ4v) is 2.39. The molecule has 3 N–H and O–H groups in total. The Labute approximate surface area is 140 Å². The number of esters is 1. The number of hydrogen-bond acceptors (Lipinski definition) is 5. The van der Waals surface area contributed by atoms with Crippen molar-refractivity contribution < 1.29 is 24.2 Å². The van der Waals surface area contributed by atoms with E-state index < -0.39 is 18.0 Å². The quantitative estimate of drug-likeness (QED) is 0.567. The van der Waals surface area contributed by atoms with Crippen LogP contribution in [0.5, 0.6) is 11.5 Å². The van der Waals surface area contributed by atoms with Gasteiger partial charge in [0.05, 0.1) is 18.7 Å². The van der Waals surface area contributed by atoms with Gasteiger partial charge in [-0.15, -0.1) is 0 Å². The number of phenolic OH excluding ortho intramolecular Hbond substituents is 1. The van der Waals surface area contributed by atoms with Gasteiger partial charge in [-0.3, -0.25) is 0 Å². The van der Waals surface area contributed by atoms with Gasteiger partial charge in [-0.05, 0) is 31.5 Å². The Morgan fingerprint density at radius 1 is 1.42 bits per heavy atom. The Hall–Kier alpha value is -2.96. The summed E-state index contributed by atoms with van der Waals surface area (Å²) < 4.78 is 10.3. The summed E-state index contributed by atoms with van der Waals surface area (Å²) in [7, 11) is 1.42. The molecule has 1 atom stereocenters. The lowest BCUT2D eigenvalue weighted by Gasteiger charge is -2.28. The Bertz CT molecular complexity index is 709. The van der Waals surface area contributed by atoms with Crippen LogP contribution in [0.2, 0.25) is 0 Å². The maximum atomic E-state index is 12.4. The van der Waals surface area contributed by atoms with E-state index in [1.54, 1.807) is 31.2 Å². The molecule has 0 aromatic heterocycles. The smallest absolute Gasteiger partial charge is 0.338 e. The topological polar surface area (TPSA) is 96.9 Å². The molecule has 24 heavy (non-hydrogen) atoms. The zero-order chi connectivity index (χ0) is 17.7. The van der Waals surface area contributed by atoms with Gasteiger partial charge in [0.25, 0.3) is 0 Å². The highest BCUT2D eigenvalue weighted by molar-refractivity contribution is 5.95. The lowest BCUT2D eigenvalue weighted by atomic mass is 9.95. The molecule has 7 nitrogen and oxygen atoms in total. The van der Waals surface area contributed by atoms with Crippen LogP contribution in [0.15, 0.2) is 41.6 Å². The van der Waals surface area contributed by atoms with Crippen molar-refractivity contribution in [3.63, 3.8) is 0 Å². The fraction of sp³-hybridized carbons (Fsp3) is 0.294. The van der Waals surface area contributed by atoms with E-state index in [-0.39, 0.29) is 18.1 Å². The van der Waals surface area contributed by atoms with E-state index in [1.807, 2.05) is 6.92 Å². The second-order valence-electron chi connectivity index (χ2n) is 5.17. The van der Waals surface area contributed by atoms with Crippen LogP contribution in [-0.2, 0) is 9.53 Å². The fourth-order valence-electron chi connectivity index (χ4n) is 2.39. The van der Waals surface area contributed by atoms with Gasteiger partial charge in [0.1, 0.15) is 6.61 Å². The highest BCUT2D eigenvalue weighted by Gasteiger charge is 2.32. The van der Waals surface area contributed by atoms with Crippen LogP contribution in [-0.4, -0.2) is 30.8 Å². The van der Waals surface area contributed by atoms with Gasteiger partial charge in [-0.2, -0.15) is 0 Å². The number of benzene rings is 1. The third-order valence-electron chi connectivity index (χ3n) is 3.57. The number of methoxy groups -OCH3 is 1. The summed E-state index contributed by atoms with van der Waals surface area (Å²) in [4.78, 5) is 24.2. The van der Waals surface area contributed by atoms with Crippen molar-refractivity contribution >= 4 is 12.0 Å². The number of nitrogens with one attached hydrogen (secondary N) is 2. The number of carbonyl (C=O) groups excluding carboxylic acids is 2. The highest BCUT2D eigenvalue weighted by Crippen LogP contribution is 2.33. The van der Waals surface area contributed by atoms with Crippen molar-refractivity contribution in [2.24, 2.45) is 0 Å². The number of carbonyl (C=O) groups is 2. The summed E-state index contributed by atoms with van der Waals surface area (Å²) in [6, 6.07) is 3.50. The summed E-state index contributed by atoms with van der Waals surface area (Å²) in [5.41, 5.74) is 1.31. The van der Waals surface area contributed by atoms with Crippen molar-refractivity contribution in [1.82, 2.24) is 10.6 Å². The maximum absolute atomic E-state index is 12.4. The van der Waals surface area contributed by atoms with Gasteiger partial charge >= 0.3 is 12.0 Å². The monoisotopic (exact) mass is 332 g/mol. The minimum atomic E-state index is -0.702. The maximum Gasteiger partial charge on any atom is 0.338 e. The van der Waals surface area contributed by atoms with Gasteiger partial charge < -0.3 is 25.2 Å². The molecule has 0 bridgehead atoms. The molecule has 0 saturated carbocycles. The summed E-state index contributed by atoms with van der Waals surface area (Å²) in [5, 5.41) is 15.0. The molecule has 1 aliphatic rings. The van der Waals surface area contributed by atoms with Crippen LogP contribution in [0.25, 0.3) is 0 Å². The van der Waals surface area contributed by atoms with Crippen molar-refractivity contribution in [1.29, 1.82) is 0 Å². The number of allylic oxidation sites excluding steroid dienone is 2. The van der Waals surface area contributed by atoms with Crippen molar-refractivity contribution in [2.75, 3.05) is 13.7 Å². The number of hydrogen-bond donors (Lipinski definition) is 3. The number of urea groups is 1. The van der Waals surface area contributed by atoms with Crippen molar-refractivity contribution in [3.05, 3.63) is 47.2 Å². The molecule has 2 rings (SSSR count). The first-order chi connectivity index (χ1) is 11.5. The van der Waals surface area contributed by atoms with E-state index in [9.17, 15) is 14.7 Å². The van der Waals surface area contributed by atoms with Crippen LogP contribution in [0.1, 0.15) is 25.5 Å². The number of amides is 2. The Morgan fingerprint density at radius 3 is 2.83 bits per heavy atom. The molecule has 1 heterocycles. The summed E-state index contributed by atoms with van der Waals surface area (Å²) in [6.45, 7) is 3.60. The van der Waals surface area contributed by atoms with Gasteiger partial charge in [0.2, 0.25) is 0 Å². The van der Waals surface area contributed by atoms with Crippen molar-refractivity contribution in [2.45, 2.75) is 19.9 Å². The molecule has 0 unspecified atom stereocenters. The van der Waals surface area contributed by atoms with Gasteiger partial charge in [0, 0.05) is 5.70 Å². The van der Waals surface area contributed by atoms with Crippen LogP contribution in [0, 0.1) is 0 Å². The Balaban J connectivity index is 2.39. The zero-order valence-electron chi connectivity index (χ0n) is 13.8. The van der Waals surface area contributed by atoms with Crippen LogP contribution in [0.3, 0.4) is 0 Å². The number of rotatable bonds is 5. The van der Waals surface area contributed by atoms with E-state index in [0.29, 0.717) is 16.8 Å². The molecular formula is C17H20N2O5. The van der Waals surface area contributed by atoms with E-state index in [2.05, 4.69) is 10.6 Å². The first-order valence-corrected chi connectivity index (χ1v) is 7.41. The van der Waals surface area contributed by atoms with Gasteiger partial charge in [0.15, 0.2) is 11.5 Å². The Kier molecular flexibility index (Phi) is 5.47. The second kappa shape index (κ2) is 7.54. The SMILES string of the molecule is C/C=C/COC(=O)C1=C(C)NC(=O)N[C@H]1c1ccc(O)c(OC)c1. The second-order valence-corrected chi connectivity index (χ2v) is 5.17. The van der Waals surface area contributed by atoms with E-state index in [0.717, 1.165) is 0 Å². The average molecular weight is 332 g/mol. The molecule has 0 saturated heterocycles. The normalized spacial score (nSPS) is 17.5.